The zero-order chi connectivity index (χ0) is 19.4. The van der Waals surface area contributed by atoms with Gasteiger partial charge in [0.05, 0.1) is 6.26 Å². The Labute approximate surface area is 157 Å². The van der Waals surface area contributed by atoms with Gasteiger partial charge in [-0.3, -0.25) is 14.4 Å². The van der Waals surface area contributed by atoms with Crippen LogP contribution in [0, 0.1) is 0 Å². The standard InChI is InChI=1S/C19H24N4O4/c1-14(2)20-17(24)13-23-7-3-5-15(23)18(25)21-8-10-22(11-9-21)19(26)16-6-4-12-27-16/h3-7,12,14H,8-11,13H2,1-2H3,(H,20,24). The summed E-state index contributed by atoms with van der Waals surface area (Å²) in [5.74, 6) is -0.132. The maximum atomic E-state index is 12.8. The van der Waals surface area contributed by atoms with Crippen LogP contribution in [0.4, 0.5) is 0 Å². The molecule has 0 unspecified atom stereocenters. The molecule has 0 spiro atoms. The molecule has 0 aliphatic carbocycles. The van der Waals surface area contributed by atoms with E-state index in [1.807, 2.05) is 13.8 Å². The van der Waals surface area contributed by atoms with Crippen LogP contribution < -0.4 is 5.32 Å². The Bertz CT molecular complexity index is 802. The number of nitrogens with zero attached hydrogens (tertiary/aromatic N) is 3. The topological polar surface area (TPSA) is 87.8 Å². The van der Waals surface area contributed by atoms with Gasteiger partial charge in [-0.15, -0.1) is 0 Å². The monoisotopic (exact) mass is 372 g/mol. The van der Waals surface area contributed by atoms with E-state index in [0.29, 0.717) is 37.6 Å². The Morgan fingerprint density at radius 3 is 2.30 bits per heavy atom. The highest BCUT2D eigenvalue weighted by atomic mass is 16.3. The molecule has 1 fully saturated rings. The summed E-state index contributed by atoms with van der Waals surface area (Å²) in [6.45, 7) is 5.65. The molecule has 3 heterocycles. The minimum Gasteiger partial charge on any atom is -0.459 e. The van der Waals surface area contributed by atoms with Crippen molar-refractivity contribution < 1.29 is 18.8 Å². The zero-order valence-corrected chi connectivity index (χ0v) is 15.6. The van der Waals surface area contributed by atoms with Crippen LogP contribution in [0.15, 0.2) is 41.1 Å². The van der Waals surface area contributed by atoms with Gasteiger partial charge in [-0.05, 0) is 38.1 Å². The third kappa shape index (κ3) is 4.39. The van der Waals surface area contributed by atoms with E-state index in [0.717, 1.165) is 0 Å². The van der Waals surface area contributed by atoms with Gasteiger partial charge >= 0.3 is 0 Å². The molecule has 3 amide bonds. The van der Waals surface area contributed by atoms with Crippen molar-refractivity contribution in [3.63, 3.8) is 0 Å². The number of rotatable bonds is 5. The van der Waals surface area contributed by atoms with E-state index in [1.54, 1.807) is 44.8 Å². The van der Waals surface area contributed by atoms with Crippen LogP contribution >= 0.6 is 0 Å². The van der Waals surface area contributed by atoms with E-state index in [4.69, 9.17) is 4.42 Å². The summed E-state index contributed by atoms with van der Waals surface area (Å²) in [7, 11) is 0. The summed E-state index contributed by atoms with van der Waals surface area (Å²) in [6, 6.07) is 6.83. The smallest absolute Gasteiger partial charge is 0.289 e. The summed E-state index contributed by atoms with van der Waals surface area (Å²) < 4.78 is 6.80. The second-order valence-corrected chi connectivity index (χ2v) is 6.81. The van der Waals surface area contributed by atoms with E-state index >= 15 is 0 Å². The molecule has 3 rings (SSSR count). The minimum absolute atomic E-state index is 0.0481. The van der Waals surface area contributed by atoms with Crippen molar-refractivity contribution >= 4 is 17.7 Å². The molecule has 0 saturated carbocycles. The molecule has 8 heteroatoms. The molecular formula is C19H24N4O4. The number of carbonyl (C=O) groups excluding carboxylic acids is 3. The molecule has 0 atom stereocenters. The first kappa shape index (κ1) is 18.8. The molecular weight excluding hydrogens is 348 g/mol. The number of furan rings is 1. The van der Waals surface area contributed by atoms with Crippen LogP contribution in [-0.2, 0) is 11.3 Å². The molecule has 8 nitrogen and oxygen atoms in total. The lowest BCUT2D eigenvalue weighted by atomic mass is 10.2. The van der Waals surface area contributed by atoms with Crippen LogP contribution in [0.2, 0.25) is 0 Å². The van der Waals surface area contributed by atoms with Crippen molar-refractivity contribution in [1.82, 2.24) is 19.7 Å². The van der Waals surface area contributed by atoms with Crippen LogP contribution in [0.25, 0.3) is 0 Å². The first-order valence-corrected chi connectivity index (χ1v) is 9.02. The summed E-state index contributed by atoms with van der Waals surface area (Å²) in [4.78, 5) is 40.5. The third-order valence-electron chi connectivity index (χ3n) is 4.40. The molecule has 2 aromatic rings. The van der Waals surface area contributed by atoms with E-state index < -0.39 is 0 Å². The third-order valence-corrected chi connectivity index (χ3v) is 4.40. The Morgan fingerprint density at radius 1 is 1.04 bits per heavy atom. The number of nitrogens with one attached hydrogen (secondary N) is 1. The fourth-order valence-electron chi connectivity index (χ4n) is 3.10. The van der Waals surface area contributed by atoms with Crippen LogP contribution in [-0.4, -0.2) is 64.3 Å². The van der Waals surface area contributed by atoms with Gasteiger partial charge in [0, 0.05) is 38.4 Å². The molecule has 0 radical (unpaired) electrons. The van der Waals surface area contributed by atoms with Crippen LogP contribution in [0.5, 0.6) is 0 Å². The Hall–Kier alpha value is -3.03. The second kappa shape index (κ2) is 8.11. The van der Waals surface area contributed by atoms with Crippen molar-refractivity contribution in [3.8, 4) is 0 Å². The lowest BCUT2D eigenvalue weighted by molar-refractivity contribution is -0.122. The minimum atomic E-state index is -0.166. The first-order chi connectivity index (χ1) is 13.0. The van der Waals surface area contributed by atoms with E-state index in [9.17, 15) is 14.4 Å². The van der Waals surface area contributed by atoms with Gasteiger partial charge in [0.25, 0.3) is 11.8 Å². The maximum absolute atomic E-state index is 12.8. The molecule has 27 heavy (non-hydrogen) atoms. The lowest BCUT2D eigenvalue weighted by Gasteiger charge is -2.34. The average molecular weight is 372 g/mol. The predicted octanol–water partition coefficient (Wildman–Crippen LogP) is 1.20. The van der Waals surface area contributed by atoms with Crippen molar-refractivity contribution in [3.05, 3.63) is 48.2 Å². The number of aromatic nitrogens is 1. The SMILES string of the molecule is CC(C)NC(=O)Cn1cccc1C(=O)N1CCN(C(=O)c2ccco2)CC1. The summed E-state index contributed by atoms with van der Waals surface area (Å²) >= 11 is 0. The highest BCUT2D eigenvalue weighted by molar-refractivity contribution is 5.94. The number of hydrogen-bond donors (Lipinski definition) is 1. The Kier molecular flexibility index (Phi) is 5.63. The number of carbonyl (C=O) groups is 3. The molecule has 1 aliphatic rings. The average Bonchev–Trinajstić information content (AvgIpc) is 3.32. The molecule has 0 aromatic carbocycles. The lowest BCUT2D eigenvalue weighted by Crippen LogP contribution is -2.51. The summed E-state index contributed by atoms with van der Waals surface area (Å²) in [5, 5.41) is 2.82. The molecule has 0 bridgehead atoms. The summed E-state index contributed by atoms with van der Waals surface area (Å²) in [6.07, 6.45) is 3.19. The normalized spacial score (nSPS) is 14.5. The van der Waals surface area contributed by atoms with Gasteiger partial charge in [0.1, 0.15) is 12.2 Å². The highest BCUT2D eigenvalue weighted by Crippen LogP contribution is 2.13. The Balaban J connectivity index is 1.59. The largest absolute Gasteiger partial charge is 0.459 e. The van der Waals surface area contributed by atoms with Gasteiger partial charge in [-0.1, -0.05) is 0 Å². The Morgan fingerprint density at radius 2 is 1.70 bits per heavy atom. The molecule has 1 aliphatic heterocycles. The van der Waals surface area contributed by atoms with Gasteiger partial charge in [0.15, 0.2) is 5.76 Å². The van der Waals surface area contributed by atoms with E-state index in [2.05, 4.69) is 5.32 Å². The van der Waals surface area contributed by atoms with Crippen LogP contribution in [0.3, 0.4) is 0 Å². The van der Waals surface area contributed by atoms with Crippen molar-refractivity contribution in [2.75, 3.05) is 26.2 Å². The van der Waals surface area contributed by atoms with Crippen LogP contribution in [0.1, 0.15) is 34.9 Å². The molecule has 1 N–H and O–H groups in total. The van der Waals surface area contributed by atoms with Crippen molar-refractivity contribution in [2.45, 2.75) is 26.4 Å². The predicted molar refractivity (Wildman–Crippen MR) is 98.2 cm³/mol. The van der Waals surface area contributed by atoms with Gasteiger partial charge in [-0.2, -0.15) is 0 Å². The number of amides is 3. The fourth-order valence-corrected chi connectivity index (χ4v) is 3.10. The van der Waals surface area contributed by atoms with Gasteiger partial charge < -0.3 is 24.1 Å². The second-order valence-electron chi connectivity index (χ2n) is 6.81. The molecule has 144 valence electrons. The van der Waals surface area contributed by atoms with Crippen molar-refractivity contribution in [1.29, 1.82) is 0 Å². The highest BCUT2D eigenvalue weighted by Gasteiger charge is 2.27. The number of hydrogen-bond acceptors (Lipinski definition) is 4. The maximum Gasteiger partial charge on any atom is 0.289 e. The molecule has 1 saturated heterocycles. The first-order valence-electron chi connectivity index (χ1n) is 9.02. The van der Waals surface area contributed by atoms with Gasteiger partial charge in [-0.25, -0.2) is 0 Å². The van der Waals surface area contributed by atoms with Gasteiger partial charge in [0.2, 0.25) is 5.91 Å². The zero-order valence-electron chi connectivity index (χ0n) is 15.6. The van der Waals surface area contributed by atoms with E-state index in [-0.39, 0.29) is 30.3 Å². The summed E-state index contributed by atoms with van der Waals surface area (Å²) in [5.41, 5.74) is 0.472. The number of piperazine rings is 1. The quantitative estimate of drug-likeness (QED) is 0.854. The molecule has 2 aromatic heterocycles. The van der Waals surface area contributed by atoms with E-state index in [1.165, 1.54) is 6.26 Å². The fraction of sp³-hybridized carbons (Fsp3) is 0.421. The van der Waals surface area contributed by atoms with Crippen molar-refractivity contribution in [2.24, 2.45) is 0 Å².